The van der Waals surface area contributed by atoms with Crippen LogP contribution in [-0.4, -0.2) is 12.2 Å². The summed E-state index contributed by atoms with van der Waals surface area (Å²) in [5.41, 5.74) is 0. The molecule has 2 N–H and O–H groups in total. The molecular formula is C12H30BNaO. The smallest absolute Gasteiger partial charge is 1.00 e. The van der Waals surface area contributed by atoms with Crippen molar-refractivity contribution in [3.63, 3.8) is 0 Å². The SMILES string of the molecule is CCC(C)B(C(C)CC)C(C)CC.O.[H-].[Na+]. The van der Waals surface area contributed by atoms with Crippen LogP contribution in [0.4, 0.5) is 0 Å². The Bertz CT molecular complexity index is 114. The predicted molar refractivity (Wildman–Crippen MR) is 69.6 cm³/mol. The van der Waals surface area contributed by atoms with Crippen LogP contribution in [0.3, 0.4) is 0 Å². The van der Waals surface area contributed by atoms with E-state index in [2.05, 4.69) is 41.5 Å². The molecule has 0 rings (SSSR count). The molecule has 0 aliphatic rings. The van der Waals surface area contributed by atoms with Gasteiger partial charge in [0.2, 0.25) is 0 Å². The summed E-state index contributed by atoms with van der Waals surface area (Å²) < 4.78 is 0. The monoisotopic (exact) mass is 224 g/mol. The van der Waals surface area contributed by atoms with Gasteiger partial charge < -0.3 is 6.90 Å². The van der Waals surface area contributed by atoms with Gasteiger partial charge in [-0.2, -0.15) is 0 Å². The molecule has 3 atom stereocenters. The van der Waals surface area contributed by atoms with Crippen molar-refractivity contribution in [1.82, 2.24) is 0 Å². The van der Waals surface area contributed by atoms with E-state index in [1.165, 1.54) is 19.3 Å². The van der Waals surface area contributed by atoms with Crippen molar-refractivity contribution in [3.8, 4) is 0 Å². The molecule has 0 bridgehead atoms. The van der Waals surface area contributed by atoms with Gasteiger partial charge in [-0.05, 0) is 0 Å². The molecule has 0 heterocycles. The fraction of sp³-hybridized carbons (Fsp3) is 1.00. The first-order chi connectivity index (χ1) is 6.08. The van der Waals surface area contributed by atoms with Crippen molar-refractivity contribution < 1.29 is 36.5 Å². The van der Waals surface area contributed by atoms with E-state index >= 15 is 0 Å². The van der Waals surface area contributed by atoms with Gasteiger partial charge in [0, 0.05) is 0 Å². The van der Waals surface area contributed by atoms with Gasteiger partial charge >= 0.3 is 29.6 Å². The molecule has 1 nitrogen and oxygen atoms in total. The molecule has 0 fully saturated rings. The molecule has 0 aliphatic heterocycles. The van der Waals surface area contributed by atoms with E-state index in [0.29, 0.717) is 0 Å². The maximum Gasteiger partial charge on any atom is 1.00 e. The maximum absolute atomic E-state index is 2.42. The molecule has 0 aromatic rings. The molecule has 0 aromatic carbocycles. The molecule has 0 spiro atoms. The average Bonchev–Trinajstić information content (AvgIpc) is 2.16. The van der Waals surface area contributed by atoms with Gasteiger partial charge in [-0.3, -0.25) is 0 Å². The van der Waals surface area contributed by atoms with Crippen molar-refractivity contribution in [2.24, 2.45) is 0 Å². The van der Waals surface area contributed by atoms with Crippen molar-refractivity contribution in [1.29, 1.82) is 0 Å². The van der Waals surface area contributed by atoms with E-state index in [-0.39, 0.29) is 36.5 Å². The van der Waals surface area contributed by atoms with Crippen LogP contribution < -0.4 is 29.6 Å². The standard InChI is InChI=1S/C12H27B.Na.H2O.H/c1-7-10(4)13(11(5)8-2)12(6)9-3;;;/h10-12H,7-9H2,1-6H3;;1H2;/q;+1;;-1. The Balaban J connectivity index is -0.000000240. The Kier molecular flexibility index (Phi) is 16.4. The third-order valence-corrected chi connectivity index (χ3v) is 3.90. The summed E-state index contributed by atoms with van der Waals surface area (Å²) in [6.07, 6.45) is 4.00. The van der Waals surface area contributed by atoms with Crippen molar-refractivity contribution in [2.75, 3.05) is 0 Å². The van der Waals surface area contributed by atoms with E-state index in [9.17, 15) is 0 Å². The first-order valence-electron chi connectivity index (χ1n) is 6.08. The number of hydrogen-bond acceptors (Lipinski definition) is 0. The first-order valence-corrected chi connectivity index (χ1v) is 6.08. The molecule has 0 aromatic heterocycles. The van der Waals surface area contributed by atoms with Crippen LogP contribution in [0.5, 0.6) is 0 Å². The third kappa shape index (κ3) is 7.04. The Morgan fingerprint density at radius 2 is 1.00 bits per heavy atom. The predicted octanol–water partition coefficient (Wildman–Crippen LogP) is 1.17. The van der Waals surface area contributed by atoms with Gasteiger partial charge in [-0.15, -0.1) is 0 Å². The van der Waals surface area contributed by atoms with Crippen molar-refractivity contribution in [3.05, 3.63) is 0 Å². The fourth-order valence-corrected chi connectivity index (χ4v) is 2.50. The molecule has 3 heteroatoms. The second kappa shape index (κ2) is 11.5. The van der Waals surface area contributed by atoms with Gasteiger partial charge in [0.15, 0.2) is 0 Å². The minimum atomic E-state index is 0. The quantitative estimate of drug-likeness (QED) is 0.607. The van der Waals surface area contributed by atoms with Crippen LogP contribution in [0, 0.1) is 0 Å². The topological polar surface area (TPSA) is 31.5 Å². The molecular weight excluding hydrogens is 194 g/mol. The molecule has 15 heavy (non-hydrogen) atoms. The molecule has 0 aliphatic carbocycles. The number of rotatable bonds is 6. The third-order valence-electron chi connectivity index (χ3n) is 3.90. The second-order valence-corrected chi connectivity index (χ2v) is 4.73. The fourth-order valence-electron chi connectivity index (χ4n) is 2.50. The molecule has 0 saturated heterocycles. The molecule has 88 valence electrons. The summed E-state index contributed by atoms with van der Waals surface area (Å²) in [7, 11) is 0. The summed E-state index contributed by atoms with van der Waals surface area (Å²) in [5.74, 6) is 2.68. The maximum atomic E-state index is 2.42. The Labute approximate surface area is 121 Å². The van der Waals surface area contributed by atoms with Crippen LogP contribution in [0.2, 0.25) is 17.5 Å². The number of hydrogen-bond donors (Lipinski definition) is 0. The van der Waals surface area contributed by atoms with Crippen LogP contribution in [0.15, 0.2) is 0 Å². The summed E-state index contributed by atoms with van der Waals surface area (Å²) in [6, 6.07) is 0. The van der Waals surface area contributed by atoms with E-state index < -0.39 is 0 Å². The van der Waals surface area contributed by atoms with Gasteiger partial charge in [0.25, 0.3) is 0 Å². The summed E-state index contributed by atoms with van der Waals surface area (Å²) >= 11 is 0. The molecule has 0 amide bonds. The normalized spacial score (nSPS) is 15.6. The zero-order valence-corrected chi connectivity index (χ0v) is 13.9. The zero-order valence-electron chi connectivity index (χ0n) is 12.9. The summed E-state index contributed by atoms with van der Waals surface area (Å²) in [4.78, 5) is 0. The van der Waals surface area contributed by atoms with Crippen molar-refractivity contribution >= 4 is 6.71 Å². The molecule has 3 unspecified atom stereocenters. The van der Waals surface area contributed by atoms with E-state index in [4.69, 9.17) is 0 Å². The van der Waals surface area contributed by atoms with Crippen LogP contribution in [0.1, 0.15) is 62.2 Å². The van der Waals surface area contributed by atoms with Gasteiger partial charge in [0.1, 0.15) is 6.71 Å². The van der Waals surface area contributed by atoms with Crippen LogP contribution in [-0.2, 0) is 0 Å². The van der Waals surface area contributed by atoms with Gasteiger partial charge in [0.05, 0.1) is 0 Å². The van der Waals surface area contributed by atoms with E-state index in [0.717, 1.165) is 24.2 Å². The Morgan fingerprint density at radius 3 is 1.13 bits per heavy atom. The first kappa shape index (κ1) is 21.3. The summed E-state index contributed by atoms with van der Waals surface area (Å²) in [6.45, 7) is 15.2. The van der Waals surface area contributed by atoms with Gasteiger partial charge in [-0.1, -0.05) is 78.3 Å². The summed E-state index contributed by atoms with van der Waals surface area (Å²) in [5, 5.41) is 0. The van der Waals surface area contributed by atoms with Crippen molar-refractivity contribution in [2.45, 2.75) is 78.3 Å². The second-order valence-electron chi connectivity index (χ2n) is 4.73. The Morgan fingerprint density at radius 1 is 0.800 bits per heavy atom. The van der Waals surface area contributed by atoms with Gasteiger partial charge in [-0.25, -0.2) is 0 Å². The minimum Gasteiger partial charge on any atom is -1.00 e. The van der Waals surface area contributed by atoms with E-state index in [1.807, 2.05) is 0 Å². The van der Waals surface area contributed by atoms with Crippen LogP contribution in [0.25, 0.3) is 0 Å². The van der Waals surface area contributed by atoms with E-state index in [1.54, 1.807) is 0 Å². The zero-order chi connectivity index (χ0) is 10.4. The average molecular weight is 224 g/mol. The molecule has 0 radical (unpaired) electrons. The van der Waals surface area contributed by atoms with Crippen LogP contribution >= 0.6 is 0 Å². The minimum absolute atomic E-state index is 0. The Hall–Kier alpha value is 1.02. The largest absolute Gasteiger partial charge is 1.00 e. The molecule has 0 saturated carbocycles.